The molecule has 0 heterocycles. The molecule has 0 aliphatic heterocycles. The van der Waals surface area contributed by atoms with E-state index in [0.29, 0.717) is 19.3 Å². The van der Waals surface area contributed by atoms with E-state index >= 15 is 0 Å². The zero-order valence-electron chi connectivity index (χ0n) is 39.0. The predicted molar refractivity (Wildman–Crippen MR) is 243 cm³/mol. The molecule has 57 heavy (non-hydrogen) atoms. The van der Waals surface area contributed by atoms with E-state index in [4.69, 9.17) is 14.2 Å². The monoisotopic (exact) mass is 807 g/mol. The first-order valence-electron chi connectivity index (χ1n) is 25.2. The van der Waals surface area contributed by atoms with Crippen LogP contribution in [0.3, 0.4) is 0 Å². The van der Waals surface area contributed by atoms with Crippen LogP contribution in [0, 0.1) is 11.8 Å². The number of carbonyl (C=O) groups excluding carboxylic acids is 3. The fourth-order valence-electron chi connectivity index (χ4n) is 7.64. The van der Waals surface area contributed by atoms with Crippen molar-refractivity contribution in [3.8, 4) is 0 Å². The van der Waals surface area contributed by atoms with Crippen molar-refractivity contribution in [2.75, 3.05) is 13.2 Å². The van der Waals surface area contributed by atoms with Gasteiger partial charge in [-0.2, -0.15) is 0 Å². The van der Waals surface area contributed by atoms with Gasteiger partial charge in [0.15, 0.2) is 6.10 Å². The highest BCUT2D eigenvalue weighted by Crippen LogP contribution is 2.17. The lowest BCUT2D eigenvalue weighted by atomic mass is 10.0. The molecule has 0 N–H and O–H groups in total. The summed E-state index contributed by atoms with van der Waals surface area (Å²) < 4.78 is 16.8. The van der Waals surface area contributed by atoms with Crippen molar-refractivity contribution in [2.45, 2.75) is 285 Å². The molecule has 0 saturated heterocycles. The second-order valence-electron chi connectivity index (χ2n) is 18.4. The quantitative estimate of drug-likeness (QED) is 0.0346. The van der Waals surface area contributed by atoms with Crippen LogP contribution in [-0.2, 0) is 28.6 Å². The van der Waals surface area contributed by atoms with E-state index in [1.807, 2.05) is 0 Å². The van der Waals surface area contributed by atoms with Gasteiger partial charge in [-0.25, -0.2) is 0 Å². The number of rotatable bonds is 45. The maximum absolute atomic E-state index is 12.7. The summed E-state index contributed by atoms with van der Waals surface area (Å²) in [7, 11) is 0. The van der Waals surface area contributed by atoms with Crippen LogP contribution in [0.15, 0.2) is 0 Å². The summed E-state index contributed by atoms with van der Waals surface area (Å²) >= 11 is 0. The van der Waals surface area contributed by atoms with Crippen LogP contribution >= 0.6 is 0 Å². The minimum absolute atomic E-state index is 0.0643. The Hall–Kier alpha value is -1.59. The number of ether oxygens (including phenoxy) is 3. The maximum Gasteiger partial charge on any atom is 0.306 e. The molecule has 0 aliphatic carbocycles. The topological polar surface area (TPSA) is 78.9 Å². The maximum atomic E-state index is 12.7. The van der Waals surface area contributed by atoms with Crippen LogP contribution < -0.4 is 0 Å². The van der Waals surface area contributed by atoms with Gasteiger partial charge in [-0.05, 0) is 31.1 Å². The number of carbonyl (C=O) groups is 3. The molecule has 0 aromatic heterocycles. The first-order chi connectivity index (χ1) is 27.7. The standard InChI is InChI=1S/C51H98O6/c1-6-7-8-9-10-11-12-17-20-26-31-36-41-49(52)55-44-48(57-51(54)43-38-33-28-23-22-25-30-35-40-47(4)5)45-56-50(53)42-37-32-27-21-18-15-13-14-16-19-24-29-34-39-46(2)3/h46-48H,6-45H2,1-5H3/t48-/m1/s1. The molecule has 0 radical (unpaired) electrons. The van der Waals surface area contributed by atoms with Crippen molar-refractivity contribution in [3.05, 3.63) is 0 Å². The van der Waals surface area contributed by atoms with Crippen LogP contribution in [0.1, 0.15) is 279 Å². The lowest BCUT2D eigenvalue weighted by Gasteiger charge is -2.18. The highest BCUT2D eigenvalue weighted by molar-refractivity contribution is 5.71. The minimum atomic E-state index is -0.761. The third-order valence-electron chi connectivity index (χ3n) is 11.5. The van der Waals surface area contributed by atoms with Crippen molar-refractivity contribution in [3.63, 3.8) is 0 Å². The zero-order valence-corrected chi connectivity index (χ0v) is 39.0. The second kappa shape index (κ2) is 44.0. The van der Waals surface area contributed by atoms with Crippen LogP contribution in [0.2, 0.25) is 0 Å². The second-order valence-corrected chi connectivity index (χ2v) is 18.4. The largest absolute Gasteiger partial charge is 0.462 e. The van der Waals surface area contributed by atoms with E-state index < -0.39 is 6.10 Å². The molecule has 0 aromatic rings. The molecule has 0 amide bonds. The summed E-state index contributed by atoms with van der Waals surface area (Å²) in [5, 5.41) is 0. The normalized spacial score (nSPS) is 12.1. The van der Waals surface area contributed by atoms with Gasteiger partial charge >= 0.3 is 17.9 Å². The molecule has 0 aliphatic rings. The predicted octanol–water partition coefficient (Wildman–Crippen LogP) is 16.1. The van der Waals surface area contributed by atoms with Crippen molar-refractivity contribution in [1.82, 2.24) is 0 Å². The van der Waals surface area contributed by atoms with Gasteiger partial charge in [0, 0.05) is 19.3 Å². The Kier molecular flexibility index (Phi) is 42.7. The van der Waals surface area contributed by atoms with Gasteiger partial charge in [-0.3, -0.25) is 14.4 Å². The van der Waals surface area contributed by atoms with Crippen LogP contribution in [0.5, 0.6) is 0 Å². The highest BCUT2D eigenvalue weighted by Gasteiger charge is 2.19. The zero-order chi connectivity index (χ0) is 41.9. The average molecular weight is 807 g/mol. The molecule has 0 aromatic carbocycles. The number of unbranched alkanes of at least 4 members (excludes halogenated alkanes) is 30. The minimum Gasteiger partial charge on any atom is -0.462 e. The smallest absolute Gasteiger partial charge is 0.306 e. The van der Waals surface area contributed by atoms with Gasteiger partial charge in [-0.15, -0.1) is 0 Å². The van der Waals surface area contributed by atoms with E-state index in [-0.39, 0.29) is 31.1 Å². The summed E-state index contributed by atoms with van der Waals surface area (Å²) in [6, 6.07) is 0. The van der Waals surface area contributed by atoms with Gasteiger partial charge in [0.1, 0.15) is 13.2 Å². The Labute approximate surface area is 355 Å². The molecule has 1 atom stereocenters. The Morgan fingerprint density at radius 3 is 0.860 bits per heavy atom. The first-order valence-corrected chi connectivity index (χ1v) is 25.2. The van der Waals surface area contributed by atoms with E-state index in [9.17, 15) is 14.4 Å². The van der Waals surface area contributed by atoms with Gasteiger partial charge in [-0.1, -0.05) is 240 Å². The van der Waals surface area contributed by atoms with Gasteiger partial charge < -0.3 is 14.2 Å². The van der Waals surface area contributed by atoms with E-state index in [0.717, 1.165) is 69.6 Å². The Bertz CT molecular complexity index is 870. The third kappa shape index (κ3) is 45.3. The van der Waals surface area contributed by atoms with E-state index in [1.54, 1.807) is 0 Å². The molecular weight excluding hydrogens is 709 g/mol. The van der Waals surface area contributed by atoms with Crippen molar-refractivity contribution in [2.24, 2.45) is 11.8 Å². The van der Waals surface area contributed by atoms with E-state index in [1.165, 1.54) is 167 Å². The lowest BCUT2D eigenvalue weighted by molar-refractivity contribution is -0.167. The van der Waals surface area contributed by atoms with Crippen molar-refractivity contribution < 1.29 is 28.6 Å². The Morgan fingerprint density at radius 1 is 0.333 bits per heavy atom. The number of hydrogen-bond acceptors (Lipinski definition) is 6. The van der Waals surface area contributed by atoms with Crippen LogP contribution in [0.4, 0.5) is 0 Å². The third-order valence-corrected chi connectivity index (χ3v) is 11.5. The van der Waals surface area contributed by atoms with Crippen LogP contribution in [-0.4, -0.2) is 37.2 Å². The summed E-state index contributed by atoms with van der Waals surface area (Å²) in [6.45, 7) is 11.3. The number of hydrogen-bond donors (Lipinski definition) is 0. The highest BCUT2D eigenvalue weighted by atomic mass is 16.6. The van der Waals surface area contributed by atoms with Gasteiger partial charge in [0.05, 0.1) is 0 Å². The fourth-order valence-corrected chi connectivity index (χ4v) is 7.64. The summed E-state index contributed by atoms with van der Waals surface area (Å²) in [4.78, 5) is 37.9. The Morgan fingerprint density at radius 2 is 0.579 bits per heavy atom. The number of esters is 3. The lowest BCUT2D eigenvalue weighted by Crippen LogP contribution is -2.30. The van der Waals surface area contributed by atoms with Gasteiger partial charge in [0.25, 0.3) is 0 Å². The Balaban J connectivity index is 4.29. The molecule has 338 valence electrons. The molecule has 0 spiro atoms. The van der Waals surface area contributed by atoms with Crippen molar-refractivity contribution in [1.29, 1.82) is 0 Å². The molecular formula is C51H98O6. The summed E-state index contributed by atoms with van der Waals surface area (Å²) in [5.74, 6) is 0.781. The van der Waals surface area contributed by atoms with Crippen molar-refractivity contribution >= 4 is 17.9 Å². The van der Waals surface area contributed by atoms with E-state index in [2.05, 4.69) is 34.6 Å². The SMILES string of the molecule is CCCCCCCCCCCCCCC(=O)OC[C@H](COC(=O)CCCCCCCCCCCCCCCC(C)C)OC(=O)CCCCCCCCCCC(C)C. The summed E-state index contributed by atoms with van der Waals surface area (Å²) in [6.07, 6.45) is 43.7. The van der Waals surface area contributed by atoms with Crippen LogP contribution in [0.25, 0.3) is 0 Å². The molecule has 0 saturated carbocycles. The molecule has 0 unspecified atom stereocenters. The summed E-state index contributed by atoms with van der Waals surface area (Å²) in [5.41, 5.74) is 0. The molecule has 6 nitrogen and oxygen atoms in total. The molecule has 0 fully saturated rings. The molecule has 0 bridgehead atoms. The average Bonchev–Trinajstić information content (AvgIpc) is 3.18. The first kappa shape index (κ1) is 55.4. The molecule has 0 rings (SSSR count). The fraction of sp³-hybridized carbons (Fsp3) is 0.941. The van der Waals surface area contributed by atoms with Gasteiger partial charge in [0.2, 0.25) is 0 Å². The molecule has 6 heteroatoms.